The number of rotatable bonds is 4. The summed E-state index contributed by atoms with van der Waals surface area (Å²) in [4.78, 5) is 22.0. The van der Waals surface area contributed by atoms with Gasteiger partial charge in [-0.25, -0.2) is 9.18 Å². The molecule has 0 heterocycles. The van der Waals surface area contributed by atoms with Crippen LogP contribution in [0.3, 0.4) is 0 Å². The smallest absolute Gasteiger partial charge is 0.323 e. The van der Waals surface area contributed by atoms with Gasteiger partial charge in [0, 0.05) is 17.8 Å². The van der Waals surface area contributed by atoms with Crippen LogP contribution in [0.4, 0.5) is 26.2 Å². The molecule has 2 amide bonds. The summed E-state index contributed by atoms with van der Waals surface area (Å²) in [6.07, 6.45) is 0. The molecule has 8 heteroatoms. The predicted molar refractivity (Wildman–Crippen MR) is 78.7 cm³/mol. The Kier molecular flexibility index (Phi) is 4.52. The summed E-state index contributed by atoms with van der Waals surface area (Å²) >= 11 is 0. The lowest BCUT2D eigenvalue weighted by Gasteiger charge is -2.11. The monoisotopic (exact) mass is 305 g/mol. The Labute approximate surface area is 124 Å². The van der Waals surface area contributed by atoms with Crippen molar-refractivity contribution in [1.29, 1.82) is 0 Å². The van der Waals surface area contributed by atoms with Crippen LogP contribution in [0.25, 0.3) is 0 Å². The standard InChI is InChI=1S/C14H12FN3O4/c1-22-13-6-5-11(18(20)21)8-12(13)17-14(19)16-10-4-2-3-9(15)7-10/h2-8H,1H3,(H2,16,17,19). The summed E-state index contributed by atoms with van der Waals surface area (Å²) in [7, 11) is 1.37. The van der Waals surface area contributed by atoms with Crippen LogP contribution in [0, 0.1) is 15.9 Å². The molecular formula is C14H12FN3O4. The van der Waals surface area contributed by atoms with Gasteiger partial charge in [-0.1, -0.05) is 6.07 Å². The molecule has 2 aromatic carbocycles. The zero-order valence-corrected chi connectivity index (χ0v) is 11.5. The molecule has 0 spiro atoms. The first kappa shape index (κ1) is 15.2. The van der Waals surface area contributed by atoms with Crippen LogP contribution >= 0.6 is 0 Å². The number of non-ortho nitro benzene ring substituents is 1. The number of anilines is 2. The molecule has 0 saturated carbocycles. The topological polar surface area (TPSA) is 93.5 Å². The normalized spacial score (nSPS) is 9.91. The third kappa shape index (κ3) is 3.69. The van der Waals surface area contributed by atoms with Crippen molar-refractivity contribution in [2.45, 2.75) is 0 Å². The maximum absolute atomic E-state index is 13.0. The van der Waals surface area contributed by atoms with Crippen LogP contribution in [0.5, 0.6) is 5.75 Å². The second-order valence-electron chi connectivity index (χ2n) is 4.23. The van der Waals surface area contributed by atoms with E-state index in [9.17, 15) is 19.3 Å². The van der Waals surface area contributed by atoms with Gasteiger partial charge in [-0.05, 0) is 24.3 Å². The number of halogens is 1. The fraction of sp³-hybridized carbons (Fsp3) is 0.0714. The summed E-state index contributed by atoms with van der Waals surface area (Å²) in [5, 5.41) is 15.6. The van der Waals surface area contributed by atoms with E-state index in [1.807, 2.05) is 0 Å². The molecule has 0 bridgehead atoms. The van der Waals surface area contributed by atoms with Crippen molar-refractivity contribution >= 4 is 23.1 Å². The van der Waals surface area contributed by atoms with E-state index in [-0.39, 0.29) is 22.8 Å². The Morgan fingerprint density at radius 2 is 2.00 bits per heavy atom. The van der Waals surface area contributed by atoms with Crippen molar-refractivity contribution in [3.8, 4) is 5.75 Å². The van der Waals surface area contributed by atoms with Crippen LogP contribution in [0.2, 0.25) is 0 Å². The van der Waals surface area contributed by atoms with Gasteiger partial charge in [0.05, 0.1) is 17.7 Å². The molecule has 0 unspecified atom stereocenters. The molecule has 0 radical (unpaired) electrons. The lowest BCUT2D eigenvalue weighted by molar-refractivity contribution is -0.384. The lowest BCUT2D eigenvalue weighted by atomic mass is 10.2. The second kappa shape index (κ2) is 6.53. The van der Waals surface area contributed by atoms with Crippen LogP contribution in [0.15, 0.2) is 42.5 Å². The summed E-state index contributed by atoms with van der Waals surface area (Å²) < 4.78 is 18.1. The molecular weight excluding hydrogens is 293 g/mol. The number of benzene rings is 2. The van der Waals surface area contributed by atoms with Crippen LogP contribution in [-0.2, 0) is 0 Å². The third-order valence-corrected chi connectivity index (χ3v) is 2.72. The summed E-state index contributed by atoms with van der Waals surface area (Å²) in [6, 6.07) is 8.46. The number of methoxy groups -OCH3 is 1. The van der Waals surface area contributed by atoms with Gasteiger partial charge < -0.3 is 15.4 Å². The molecule has 2 N–H and O–H groups in total. The highest BCUT2D eigenvalue weighted by Gasteiger charge is 2.13. The number of nitrogens with one attached hydrogen (secondary N) is 2. The maximum Gasteiger partial charge on any atom is 0.323 e. The highest BCUT2D eigenvalue weighted by atomic mass is 19.1. The van der Waals surface area contributed by atoms with Crippen molar-refractivity contribution in [3.63, 3.8) is 0 Å². The number of nitro groups is 1. The molecule has 22 heavy (non-hydrogen) atoms. The Bertz CT molecular complexity index is 721. The fourth-order valence-electron chi connectivity index (χ4n) is 1.76. The van der Waals surface area contributed by atoms with E-state index in [2.05, 4.69) is 10.6 Å². The van der Waals surface area contributed by atoms with Crippen LogP contribution in [-0.4, -0.2) is 18.1 Å². The highest BCUT2D eigenvalue weighted by Crippen LogP contribution is 2.28. The van der Waals surface area contributed by atoms with Gasteiger partial charge in [0.25, 0.3) is 5.69 Å². The molecule has 7 nitrogen and oxygen atoms in total. The van der Waals surface area contributed by atoms with E-state index >= 15 is 0 Å². The Balaban J connectivity index is 2.16. The van der Waals surface area contributed by atoms with Gasteiger partial charge in [0.2, 0.25) is 0 Å². The average Bonchev–Trinajstić information content (AvgIpc) is 2.47. The van der Waals surface area contributed by atoms with Crippen molar-refractivity contribution in [2.75, 3.05) is 17.7 Å². The van der Waals surface area contributed by atoms with Gasteiger partial charge in [-0.15, -0.1) is 0 Å². The van der Waals surface area contributed by atoms with Crippen molar-refractivity contribution < 1.29 is 18.8 Å². The van der Waals surface area contributed by atoms with E-state index in [0.29, 0.717) is 0 Å². The van der Waals surface area contributed by atoms with Gasteiger partial charge in [-0.2, -0.15) is 0 Å². The van der Waals surface area contributed by atoms with E-state index in [0.717, 1.165) is 6.07 Å². The van der Waals surface area contributed by atoms with Gasteiger partial charge in [0.1, 0.15) is 11.6 Å². The Morgan fingerprint density at radius 1 is 1.23 bits per heavy atom. The molecule has 2 aromatic rings. The predicted octanol–water partition coefficient (Wildman–Crippen LogP) is 3.39. The third-order valence-electron chi connectivity index (χ3n) is 2.72. The first-order valence-electron chi connectivity index (χ1n) is 6.15. The van der Waals surface area contributed by atoms with Gasteiger partial charge in [0.15, 0.2) is 0 Å². The summed E-state index contributed by atoms with van der Waals surface area (Å²) in [5.74, 6) is -0.231. The van der Waals surface area contributed by atoms with E-state index in [4.69, 9.17) is 4.74 Å². The summed E-state index contributed by atoms with van der Waals surface area (Å²) in [5.41, 5.74) is 0.189. The number of hydrogen-bond acceptors (Lipinski definition) is 4. The van der Waals surface area contributed by atoms with E-state index in [1.165, 1.54) is 43.5 Å². The van der Waals surface area contributed by atoms with Crippen molar-refractivity contribution in [3.05, 3.63) is 58.4 Å². The molecule has 2 rings (SSSR count). The largest absolute Gasteiger partial charge is 0.495 e. The summed E-state index contributed by atoms with van der Waals surface area (Å²) in [6.45, 7) is 0. The first-order chi connectivity index (χ1) is 10.5. The molecule has 0 fully saturated rings. The fourth-order valence-corrected chi connectivity index (χ4v) is 1.76. The quantitative estimate of drug-likeness (QED) is 0.668. The maximum atomic E-state index is 13.0. The number of urea groups is 1. The molecule has 114 valence electrons. The zero-order valence-electron chi connectivity index (χ0n) is 11.5. The lowest BCUT2D eigenvalue weighted by Crippen LogP contribution is -2.20. The van der Waals surface area contributed by atoms with E-state index in [1.54, 1.807) is 0 Å². The second-order valence-corrected chi connectivity index (χ2v) is 4.23. The number of ether oxygens (including phenoxy) is 1. The van der Waals surface area contributed by atoms with Crippen molar-refractivity contribution in [2.24, 2.45) is 0 Å². The first-order valence-corrected chi connectivity index (χ1v) is 6.15. The number of amides is 2. The van der Waals surface area contributed by atoms with Gasteiger partial charge >= 0.3 is 6.03 Å². The van der Waals surface area contributed by atoms with Crippen LogP contribution in [0.1, 0.15) is 0 Å². The number of carbonyl (C=O) groups is 1. The molecule has 0 aliphatic heterocycles. The minimum atomic E-state index is -0.676. The number of carbonyl (C=O) groups excluding carboxylic acids is 1. The average molecular weight is 305 g/mol. The highest BCUT2D eigenvalue weighted by molar-refractivity contribution is 6.00. The minimum Gasteiger partial charge on any atom is -0.495 e. The molecule has 0 aliphatic carbocycles. The Morgan fingerprint density at radius 3 is 2.64 bits per heavy atom. The zero-order chi connectivity index (χ0) is 16.1. The number of nitro benzene ring substituents is 1. The van der Waals surface area contributed by atoms with Crippen LogP contribution < -0.4 is 15.4 Å². The molecule has 0 aromatic heterocycles. The molecule has 0 saturated heterocycles. The molecule has 0 atom stereocenters. The Hall–Kier alpha value is -3.16. The SMILES string of the molecule is COc1ccc([N+](=O)[O-])cc1NC(=O)Nc1cccc(F)c1. The van der Waals surface area contributed by atoms with Crippen molar-refractivity contribution in [1.82, 2.24) is 0 Å². The number of hydrogen-bond donors (Lipinski definition) is 2. The van der Waals surface area contributed by atoms with E-state index < -0.39 is 16.8 Å². The number of nitrogens with zero attached hydrogens (tertiary/aromatic N) is 1. The molecule has 0 aliphatic rings. The van der Waals surface area contributed by atoms with Gasteiger partial charge in [-0.3, -0.25) is 10.1 Å². The minimum absolute atomic E-state index is 0.130.